The van der Waals surface area contributed by atoms with E-state index in [4.69, 9.17) is 9.47 Å². The second-order valence-corrected chi connectivity index (χ2v) is 7.48. The molecule has 1 fully saturated rings. The average molecular weight is 380 g/mol. The Morgan fingerprint density at radius 3 is 2.61 bits per heavy atom. The molecule has 148 valence electrons. The molecule has 2 aliphatic rings. The maximum Gasteiger partial charge on any atom is 0.251 e. The minimum absolute atomic E-state index is 0.00136. The fourth-order valence-electron chi connectivity index (χ4n) is 4.18. The number of amides is 1. The summed E-state index contributed by atoms with van der Waals surface area (Å²) >= 11 is 0. The zero-order valence-corrected chi connectivity index (χ0v) is 16.4. The summed E-state index contributed by atoms with van der Waals surface area (Å²) < 4.78 is 10.8. The second-order valence-electron chi connectivity index (χ2n) is 7.48. The Kier molecular flexibility index (Phi) is 5.93. The Morgan fingerprint density at radius 2 is 1.86 bits per heavy atom. The van der Waals surface area contributed by atoms with Crippen LogP contribution in [0.1, 0.15) is 39.5 Å². The molecule has 2 aromatic carbocycles. The molecule has 1 N–H and O–H groups in total. The fraction of sp³-hybridized carbons (Fsp3) is 0.435. The molecule has 1 aliphatic carbocycles. The minimum Gasteiger partial charge on any atom is -0.497 e. The van der Waals surface area contributed by atoms with Crippen LogP contribution in [0, 0.1) is 0 Å². The zero-order chi connectivity index (χ0) is 19.3. The number of ether oxygens (including phenoxy) is 2. The number of morpholine rings is 1. The molecule has 2 aromatic rings. The van der Waals surface area contributed by atoms with Gasteiger partial charge in [0.05, 0.1) is 26.4 Å². The van der Waals surface area contributed by atoms with Crippen LogP contribution in [0.3, 0.4) is 0 Å². The number of fused-ring (bicyclic) bond motifs is 1. The van der Waals surface area contributed by atoms with Gasteiger partial charge in [-0.15, -0.1) is 0 Å². The van der Waals surface area contributed by atoms with E-state index in [1.807, 2.05) is 18.2 Å². The molecule has 4 rings (SSSR count). The van der Waals surface area contributed by atoms with Crippen LogP contribution in [0.2, 0.25) is 0 Å². The third-order valence-corrected chi connectivity index (χ3v) is 5.80. The van der Waals surface area contributed by atoms with Crippen molar-refractivity contribution in [3.05, 3.63) is 64.7 Å². The number of nitrogens with zero attached hydrogens (tertiary/aromatic N) is 1. The molecule has 28 heavy (non-hydrogen) atoms. The van der Waals surface area contributed by atoms with Gasteiger partial charge in [0.1, 0.15) is 5.75 Å². The van der Waals surface area contributed by atoms with Crippen molar-refractivity contribution in [1.82, 2.24) is 10.2 Å². The number of rotatable bonds is 6. The molecule has 1 atom stereocenters. The van der Waals surface area contributed by atoms with Crippen LogP contribution < -0.4 is 10.1 Å². The van der Waals surface area contributed by atoms with Crippen molar-refractivity contribution in [2.45, 2.75) is 25.3 Å². The Bertz CT molecular complexity index is 813. The highest BCUT2D eigenvalue weighted by molar-refractivity contribution is 5.94. The van der Waals surface area contributed by atoms with Crippen molar-refractivity contribution < 1.29 is 14.3 Å². The molecule has 1 heterocycles. The van der Waals surface area contributed by atoms with Crippen molar-refractivity contribution in [1.29, 1.82) is 0 Å². The van der Waals surface area contributed by atoms with Crippen molar-refractivity contribution in [2.24, 2.45) is 0 Å². The van der Waals surface area contributed by atoms with Gasteiger partial charge in [-0.05, 0) is 60.2 Å². The third kappa shape index (κ3) is 4.21. The van der Waals surface area contributed by atoms with E-state index in [0.717, 1.165) is 50.5 Å². The minimum atomic E-state index is 0.00136. The zero-order valence-electron chi connectivity index (χ0n) is 16.4. The van der Waals surface area contributed by atoms with Gasteiger partial charge in [-0.2, -0.15) is 0 Å². The summed E-state index contributed by atoms with van der Waals surface area (Å²) in [4.78, 5) is 15.2. The first-order valence-corrected chi connectivity index (χ1v) is 10.1. The van der Waals surface area contributed by atoms with E-state index < -0.39 is 0 Å². The van der Waals surface area contributed by atoms with Crippen molar-refractivity contribution in [2.75, 3.05) is 40.0 Å². The lowest BCUT2D eigenvalue weighted by molar-refractivity contribution is 0.0162. The number of hydrogen-bond acceptors (Lipinski definition) is 4. The highest BCUT2D eigenvalue weighted by atomic mass is 16.5. The first-order chi connectivity index (χ1) is 13.7. The van der Waals surface area contributed by atoms with Crippen LogP contribution >= 0.6 is 0 Å². The number of carbonyl (C=O) groups is 1. The van der Waals surface area contributed by atoms with Gasteiger partial charge in [0.2, 0.25) is 0 Å². The standard InChI is InChI=1S/C23H28N2O3/c1-27-21-9-7-18(8-10-21)22(25-11-13-28-14-12-25)16-24-23(26)20-6-5-17-3-2-4-19(17)15-20/h5-10,15,22H,2-4,11-14,16H2,1H3,(H,24,26). The largest absolute Gasteiger partial charge is 0.497 e. The predicted octanol–water partition coefficient (Wildman–Crippen LogP) is 2.99. The molecule has 0 spiro atoms. The summed E-state index contributed by atoms with van der Waals surface area (Å²) in [6.45, 7) is 3.76. The van der Waals surface area contributed by atoms with Crippen molar-refractivity contribution >= 4 is 5.91 Å². The van der Waals surface area contributed by atoms with Gasteiger partial charge in [0.15, 0.2) is 0 Å². The summed E-state index contributed by atoms with van der Waals surface area (Å²) in [7, 11) is 1.67. The Hall–Kier alpha value is -2.37. The highest BCUT2D eigenvalue weighted by Gasteiger charge is 2.24. The van der Waals surface area contributed by atoms with Gasteiger partial charge >= 0.3 is 0 Å². The van der Waals surface area contributed by atoms with Crippen LogP contribution in [0.25, 0.3) is 0 Å². The number of aryl methyl sites for hydroxylation is 2. The van der Waals surface area contributed by atoms with E-state index in [-0.39, 0.29) is 11.9 Å². The number of benzene rings is 2. The van der Waals surface area contributed by atoms with Gasteiger partial charge < -0.3 is 14.8 Å². The molecule has 0 aromatic heterocycles. The maximum absolute atomic E-state index is 12.8. The SMILES string of the molecule is COc1ccc(C(CNC(=O)c2ccc3c(c2)CCC3)N2CCOCC2)cc1. The van der Waals surface area contributed by atoms with E-state index in [9.17, 15) is 4.79 Å². The normalized spacial score (nSPS) is 17.8. The molecule has 1 saturated heterocycles. The molecule has 1 unspecified atom stereocenters. The molecule has 0 bridgehead atoms. The monoisotopic (exact) mass is 380 g/mol. The van der Waals surface area contributed by atoms with E-state index in [1.54, 1.807) is 7.11 Å². The Morgan fingerprint density at radius 1 is 1.11 bits per heavy atom. The lowest BCUT2D eigenvalue weighted by atomic mass is 10.0. The first kappa shape index (κ1) is 19.0. The van der Waals surface area contributed by atoms with Gasteiger partial charge in [0, 0.05) is 25.2 Å². The van der Waals surface area contributed by atoms with Crippen LogP contribution in [-0.4, -0.2) is 50.8 Å². The van der Waals surface area contributed by atoms with Gasteiger partial charge in [0.25, 0.3) is 5.91 Å². The summed E-state index contributed by atoms with van der Waals surface area (Å²) in [6, 6.07) is 14.4. The molecule has 0 radical (unpaired) electrons. The van der Waals surface area contributed by atoms with Gasteiger partial charge in [-0.3, -0.25) is 9.69 Å². The first-order valence-electron chi connectivity index (χ1n) is 10.1. The maximum atomic E-state index is 12.8. The summed E-state index contributed by atoms with van der Waals surface area (Å²) in [5.74, 6) is 0.841. The number of hydrogen-bond donors (Lipinski definition) is 1. The van der Waals surface area contributed by atoms with Gasteiger partial charge in [-0.1, -0.05) is 18.2 Å². The van der Waals surface area contributed by atoms with Crippen LogP contribution in [0.4, 0.5) is 0 Å². The van der Waals surface area contributed by atoms with Crippen LogP contribution in [0.5, 0.6) is 5.75 Å². The van der Waals surface area contributed by atoms with Crippen molar-refractivity contribution in [3.63, 3.8) is 0 Å². The quantitative estimate of drug-likeness (QED) is 0.837. The summed E-state index contributed by atoms with van der Waals surface area (Å²) in [5, 5.41) is 3.16. The van der Waals surface area contributed by atoms with E-state index in [2.05, 4.69) is 34.5 Å². The topological polar surface area (TPSA) is 50.8 Å². The second kappa shape index (κ2) is 8.76. The van der Waals surface area contributed by atoms with E-state index >= 15 is 0 Å². The number of carbonyl (C=O) groups excluding carboxylic acids is 1. The van der Waals surface area contributed by atoms with E-state index in [0.29, 0.717) is 6.54 Å². The number of nitrogens with one attached hydrogen (secondary N) is 1. The third-order valence-electron chi connectivity index (χ3n) is 5.80. The van der Waals surface area contributed by atoms with E-state index in [1.165, 1.54) is 23.1 Å². The molecular formula is C23H28N2O3. The average Bonchev–Trinajstić information content (AvgIpc) is 3.23. The van der Waals surface area contributed by atoms with Crippen LogP contribution in [-0.2, 0) is 17.6 Å². The smallest absolute Gasteiger partial charge is 0.251 e. The molecule has 0 saturated carbocycles. The Balaban J connectivity index is 1.47. The molecule has 1 amide bonds. The molecule has 1 aliphatic heterocycles. The lowest BCUT2D eigenvalue weighted by Gasteiger charge is -2.35. The number of methoxy groups -OCH3 is 1. The molecular weight excluding hydrogens is 352 g/mol. The van der Waals surface area contributed by atoms with Crippen LogP contribution in [0.15, 0.2) is 42.5 Å². The Labute approximate surface area is 166 Å². The highest BCUT2D eigenvalue weighted by Crippen LogP contribution is 2.25. The van der Waals surface area contributed by atoms with Gasteiger partial charge in [-0.25, -0.2) is 0 Å². The molecule has 5 heteroatoms. The predicted molar refractivity (Wildman–Crippen MR) is 109 cm³/mol. The fourth-order valence-corrected chi connectivity index (χ4v) is 4.18. The molecule has 5 nitrogen and oxygen atoms in total. The summed E-state index contributed by atoms with van der Waals surface area (Å²) in [6.07, 6.45) is 3.41. The lowest BCUT2D eigenvalue weighted by Crippen LogP contribution is -2.43. The summed E-state index contributed by atoms with van der Waals surface area (Å²) in [5.41, 5.74) is 4.65. The van der Waals surface area contributed by atoms with Crippen molar-refractivity contribution in [3.8, 4) is 5.75 Å².